The van der Waals surface area contributed by atoms with E-state index in [4.69, 9.17) is 10.00 Å². The minimum absolute atomic E-state index is 0.336. The minimum atomic E-state index is 0.336. The van der Waals surface area contributed by atoms with Gasteiger partial charge in [0.15, 0.2) is 5.69 Å². The van der Waals surface area contributed by atoms with Gasteiger partial charge in [0.2, 0.25) is 5.88 Å². The fourth-order valence-corrected chi connectivity index (χ4v) is 2.53. The van der Waals surface area contributed by atoms with Crippen LogP contribution in [0.3, 0.4) is 0 Å². The highest BCUT2D eigenvalue weighted by Gasteiger charge is 2.20. The fraction of sp³-hybridized carbons (Fsp3) is 0.400. The van der Waals surface area contributed by atoms with Crippen LogP contribution in [0.5, 0.6) is 5.88 Å². The Hall–Kier alpha value is -2.95. The number of nitrogens with one attached hydrogen (secondary N) is 1. The summed E-state index contributed by atoms with van der Waals surface area (Å²) in [4.78, 5) is 18.7. The van der Waals surface area contributed by atoms with Gasteiger partial charge in [0, 0.05) is 25.2 Å². The molecule has 0 unspecified atom stereocenters. The van der Waals surface area contributed by atoms with E-state index >= 15 is 0 Å². The third-order valence-corrected chi connectivity index (χ3v) is 3.77. The lowest BCUT2D eigenvalue weighted by Gasteiger charge is -2.33. The molecule has 0 radical (unpaired) electrons. The Morgan fingerprint density at radius 1 is 1.22 bits per heavy atom. The second kappa shape index (κ2) is 6.87. The smallest absolute Gasteiger partial charge is 0.218 e. The Balaban J connectivity index is 1.56. The van der Waals surface area contributed by atoms with Crippen LogP contribution in [0.2, 0.25) is 0 Å². The van der Waals surface area contributed by atoms with Crippen molar-refractivity contribution < 1.29 is 4.74 Å². The van der Waals surface area contributed by atoms with E-state index in [2.05, 4.69) is 30.2 Å². The van der Waals surface area contributed by atoms with Gasteiger partial charge in [-0.1, -0.05) is 0 Å². The SMILES string of the molecule is COc1cc(NC2CCN(c3cnc(C#N)cn3)CC2)ncn1. The van der Waals surface area contributed by atoms with Crippen molar-refractivity contribution in [2.24, 2.45) is 0 Å². The van der Waals surface area contributed by atoms with Gasteiger partial charge in [-0.3, -0.25) is 0 Å². The van der Waals surface area contributed by atoms with Crippen LogP contribution in [0.25, 0.3) is 0 Å². The molecule has 0 saturated carbocycles. The van der Waals surface area contributed by atoms with E-state index in [1.54, 1.807) is 19.4 Å². The van der Waals surface area contributed by atoms with Crippen LogP contribution in [-0.4, -0.2) is 46.2 Å². The lowest BCUT2D eigenvalue weighted by molar-refractivity contribution is 0.397. The minimum Gasteiger partial charge on any atom is -0.481 e. The average molecular weight is 311 g/mol. The van der Waals surface area contributed by atoms with Gasteiger partial charge in [0.05, 0.1) is 19.5 Å². The molecular formula is C15H17N7O. The van der Waals surface area contributed by atoms with Gasteiger partial charge in [0.1, 0.15) is 24.0 Å². The van der Waals surface area contributed by atoms with Crippen molar-refractivity contribution in [1.29, 1.82) is 5.26 Å². The van der Waals surface area contributed by atoms with Crippen LogP contribution < -0.4 is 15.0 Å². The highest BCUT2D eigenvalue weighted by Crippen LogP contribution is 2.20. The molecule has 0 aliphatic carbocycles. The molecule has 0 aromatic carbocycles. The first-order valence-electron chi connectivity index (χ1n) is 7.38. The molecule has 1 fully saturated rings. The number of piperidine rings is 1. The van der Waals surface area contributed by atoms with Gasteiger partial charge in [-0.2, -0.15) is 5.26 Å². The molecule has 0 atom stereocenters. The maximum absolute atomic E-state index is 8.76. The number of anilines is 2. The molecule has 1 aliphatic heterocycles. The van der Waals surface area contributed by atoms with Crippen LogP contribution in [0, 0.1) is 11.3 Å². The Morgan fingerprint density at radius 2 is 2.04 bits per heavy atom. The predicted molar refractivity (Wildman–Crippen MR) is 84.2 cm³/mol. The summed E-state index contributed by atoms with van der Waals surface area (Å²) in [6, 6.07) is 4.11. The summed E-state index contributed by atoms with van der Waals surface area (Å²) in [6.07, 6.45) is 6.58. The zero-order valence-electron chi connectivity index (χ0n) is 12.8. The van der Waals surface area contributed by atoms with Crippen molar-refractivity contribution in [1.82, 2.24) is 19.9 Å². The summed E-state index contributed by atoms with van der Waals surface area (Å²) in [6.45, 7) is 1.75. The van der Waals surface area contributed by atoms with Crippen LogP contribution in [0.15, 0.2) is 24.8 Å². The van der Waals surface area contributed by atoms with Gasteiger partial charge in [-0.05, 0) is 12.8 Å². The Kier molecular flexibility index (Phi) is 4.47. The van der Waals surface area contributed by atoms with E-state index in [1.807, 2.05) is 6.07 Å². The Labute approximate surface area is 134 Å². The lowest BCUT2D eigenvalue weighted by atomic mass is 10.1. The summed E-state index contributed by atoms with van der Waals surface area (Å²) in [5.41, 5.74) is 0.336. The monoisotopic (exact) mass is 311 g/mol. The zero-order valence-corrected chi connectivity index (χ0v) is 12.8. The van der Waals surface area contributed by atoms with Gasteiger partial charge in [-0.15, -0.1) is 0 Å². The number of hydrogen-bond acceptors (Lipinski definition) is 8. The number of ether oxygens (including phenoxy) is 1. The standard InChI is InChI=1S/C15H17N7O/c1-23-15-6-13(19-10-20-15)21-11-2-4-22(5-3-11)14-9-17-12(7-16)8-18-14/h6,8-11H,2-5H2,1H3,(H,19,20,21). The van der Waals surface area contributed by atoms with Crippen LogP contribution in [0.4, 0.5) is 11.6 Å². The quantitative estimate of drug-likeness (QED) is 0.900. The highest BCUT2D eigenvalue weighted by molar-refractivity contribution is 5.41. The maximum atomic E-state index is 8.76. The number of methoxy groups -OCH3 is 1. The average Bonchev–Trinajstić information content (AvgIpc) is 2.63. The molecule has 3 heterocycles. The number of hydrogen-bond donors (Lipinski definition) is 1. The first-order chi connectivity index (χ1) is 11.3. The first-order valence-corrected chi connectivity index (χ1v) is 7.38. The molecule has 3 rings (SSSR count). The number of rotatable bonds is 4. The Bertz CT molecular complexity index is 690. The summed E-state index contributed by atoms with van der Waals surface area (Å²) in [5.74, 6) is 2.13. The molecule has 1 saturated heterocycles. The summed E-state index contributed by atoms with van der Waals surface area (Å²) >= 11 is 0. The lowest BCUT2D eigenvalue weighted by Crippen LogP contribution is -2.39. The molecular weight excluding hydrogens is 294 g/mol. The molecule has 118 valence electrons. The first kappa shape index (κ1) is 15.0. The third-order valence-electron chi connectivity index (χ3n) is 3.77. The van der Waals surface area contributed by atoms with E-state index in [0.717, 1.165) is 37.6 Å². The van der Waals surface area contributed by atoms with E-state index in [-0.39, 0.29) is 0 Å². The van der Waals surface area contributed by atoms with Gasteiger partial charge < -0.3 is 15.0 Å². The summed E-state index contributed by atoms with van der Waals surface area (Å²) in [7, 11) is 1.59. The van der Waals surface area contributed by atoms with Crippen LogP contribution in [0.1, 0.15) is 18.5 Å². The number of aromatic nitrogens is 4. The molecule has 0 bridgehead atoms. The van der Waals surface area contributed by atoms with Crippen molar-refractivity contribution in [2.45, 2.75) is 18.9 Å². The van der Waals surface area contributed by atoms with Crippen molar-refractivity contribution in [3.05, 3.63) is 30.5 Å². The number of nitriles is 1. The highest BCUT2D eigenvalue weighted by atomic mass is 16.5. The summed E-state index contributed by atoms with van der Waals surface area (Å²) < 4.78 is 5.10. The fourth-order valence-electron chi connectivity index (χ4n) is 2.53. The maximum Gasteiger partial charge on any atom is 0.218 e. The molecule has 2 aromatic rings. The molecule has 1 N–H and O–H groups in total. The van der Waals surface area contributed by atoms with E-state index in [9.17, 15) is 0 Å². The molecule has 1 aliphatic rings. The van der Waals surface area contributed by atoms with Crippen molar-refractivity contribution >= 4 is 11.6 Å². The second-order valence-corrected chi connectivity index (χ2v) is 5.22. The molecule has 8 heteroatoms. The topological polar surface area (TPSA) is 99.8 Å². The van der Waals surface area contributed by atoms with Crippen LogP contribution >= 0.6 is 0 Å². The van der Waals surface area contributed by atoms with Gasteiger partial charge >= 0.3 is 0 Å². The zero-order chi connectivity index (χ0) is 16.1. The summed E-state index contributed by atoms with van der Waals surface area (Å²) in [5, 5.41) is 12.2. The van der Waals surface area contributed by atoms with E-state index in [0.29, 0.717) is 17.6 Å². The van der Waals surface area contributed by atoms with Crippen molar-refractivity contribution in [3.8, 4) is 11.9 Å². The molecule has 8 nitrogen and oxygen atoms in total. The molecule has 23 heavy (non-hydrogen) atoms. The molecule has 0 amide bonds. The van der Waals surface area contributed by atoms with E-state index in [1.165, 1.54) is 12.5 Å². The molecule has 2 aromatic heterocycles. The van der Waals surface area contributed by atoms with Crippen LogP contribution in [-0.2, 0) is 0 Å². The number of nitrogens with zero attached hydrogens (tertiary/aromatic N) is 6. The van der Waals surface area contributed by atoms with Gasteiger partial charge in [-0.25, -0.2) is 19.9 Å². The second-order valence-electron chi connectivity index (χ2n) is 5.22. The van der Waals surface area contributed by atoms with Crippen molar-refractivity contribution in [3.63, 3.8) is 0 Å². The third kappa shape index (κ3) is 3.63. The predicted octanol–water partition coefficient (Wildman–Crippen LogP) is 1.23. The van der Waals surface area contributed by atoms with Crippen molar-refractivity contribution in [2.75, 3.05) is 30.4 Å². The van der Waals surface area contributed by atoms with E-state index < -0.39 is 0 Å². The van der Waals surface area contributed by atoms with Gasteiger partial charge in [0.25, 0.3) is 0 Å². The molecule has 0 spiro atoms. The largest absolute Gasteiger partial charge is 0.481 e. The Morgan fingerprint density at radius 3 is 2.70 bits per heavy atom. The normalized spacial score (nSPS) is 15.0.